The van der Waals surface area contributed by atoms with E-state index in [1.165, 1.54) is 24.3 Å². The number of aromatic nitrogens is 2. The predicted octanol–water partition coefficient (Wildman–Crippen LogP) is 8.57. The molecule has 3 aromatic rings. The van der Waals surface area contributed by atoms with Crippen LogP contribution in [0, 0.1) is 10.8 Å². The quantitative estimate of drug-likeness (QED) is 0.0918. The number of carbonyl (C=O) groups excluding carboxylic acids is 1. The molecule has 304 valence electrons. The summed E-state index contributed by atoms with van der Waals surface area (Å²) in [5, 5.41) is 21.7. The fraction of sp³-hybridized carbons (Fsp3) is 0.541. The number of alkyl halides is 8. The van der Waals surface area contributed by atoms with Crippen LogP contribution in [-0.2, 0) is 33.4 Å². The van der Waals surface area contributed by atoms with Crippen molar-refractivity contribution in [3.63, 3.8) is 0 Å². The Kier molecular flexibility index (Phi) is 14.5. The number of benzene rings is 2. The summed E-state index contributed by atoms with van der Waals surface area (Å²) in [7, 11) is 0. The lowest BCUT2D eigenvalue weighted by Crippen LogP contribution is -2.48. The zero-order valence-corrected chi connectivity index (χ0v) is 31.9. The normalized spacial score (nSPS) is 20.7. The summed E-state index contributed by atoms with van der Waals surface area (Å²) >= 11 is 3.10. The molecule has 2 aromatic carbocycles. The van der Waals surface area contributed by atoms with E-state index in [0.717, 1.165) is 49.0 Å². The van der Waals surface area contributed by atoms with Crippen molar-refractivity contribution in [3.05, 3.63) is 93.5 Å². The smallest absolute Gasteiger partial charge is 0.395 e. The van der Waals surface area contributed by atoms with Crippen molar-refractivity contribution in [1.82, 2.24) is 9.55 Å². The van der Waals surface area contributed by atoms with Crippen molar-refractivity contribution in [1.29, 1.82) is 0 Å². The van der Waals surface area contributed by atoms with Crippen molar-refractivity contribution in [2.75, 3.05) is 24.3 Å². The fourth-order valence-electron chi connectivity index (χ4n) is 6.01. The van der Waals surface area contributed by atoms with Crippen LogP contribution in [0.1, 0.15) is 74.9 Å². The number of halogens is 8. The van der Waals surface area contributed by atoms with Gasteiger partial charge in [-0.15, -0.1) is 0 Å². The molecule has 1 aliphatic heterocycles. The van der Waals surface area contributed by atoms with Crippen LogP contribution in [0.5, 0.6) is 0 Å². The van der Waals surface area contributed by atoms with Crippen LogP contribution in [0.2, 0.25) is 0 Å². The maximum atomic E-state index is 15.3. The molecular weight excluding hydrogens is 783 g/mol. The summed E-state index contributed by atoms with van der Waals surface area (Å²) in [6.45, 7) is 2.93. The first-order valence-electron chi connectivity index (χ1n) is 17.3. The molecule has 0 radical (unpaired) electrons. The average molecular weight is 826 g/mol. The van der Waals surface area contributed by atoms with Gasteiger partial charge in [-0.25, -0.2) is 13.6 Å². The van der Waals surface area contributed by atoms with Gasteiger partial charge in [-0.1, -0.05) is 38.1 Å². The van der Waals surface area contributed by atoms with Crippen molar-refractivity contribution in [2.45, 2.75) is 93.8 Å². The summed E-state index contributed by atoms with van der Waals surface area (Å²) in [4.78, 5) is 29.6. The van der Waals surface area contributed by atoms with Crippen LogP contribution in [0.3, 0.4) is 0 Å². The van der Waals surface area contributed by atoms with Gasteiger partial charge >= 0.3 is 24.0 Å². The van der Waals surface area contributed by atoms with Crippen LogP contribution in [0.4, 0.5) is 40.9 Å². The Bertz CT molecular complexity index is 1790. The number of rotatable bonds is 17. The average Bonchev–Trinajstić information content (AvgIpc) is 3.31. The molecule has 1 fully saturated rings. The highest BCUT2D eigenvalue weighted by Gasteiger charge is 2.67. The first kappa shape index (κ1) is 44.5. The van der Waals surface area contributed by atoms with Crippen molar-refractivity contribution in [2.24, 2.45) is 10.8 Å². The van der Waals surface area contributed by atoms with Gasteiger partial charge in [0, 0.05) is 29.4 Å². The molecule has 0 unspecified atom stereocenters. The highest BCUT2D eigenvalue weighted by molar-refractivity contribution is 7.99. The van der Waals surface area contributed by atoms with Crippen LogP contribution >= 0.6 is 23.5 Å². The maximum Gasteiger partial charge on any atom is 0.416 e. The monoisotopic (exact) mass is 825 g/mol. The molecule has 1 aliphatic rings. The number of hydrogen-bond acceptors (Lipinski definition) is 8. The molecule has 2 heterocycles. The topological polar surface area (TPSA) is 114 Å². The third kappa shape index (κ3) is 11.5. The van der Waals surface area contributed by atoms with E-state index in [1.807, 2.05) is 13.8 Å². The zero-order valence-electron chi connectivity index (χ0n) is 30.2. The Morgan fingerprint density at radius 1 is 0.927 bits per heavy atom. The number of thioether (sulfide) groups is 2. The second kappa shape index (κ2) is 17.9. The van der Waals surface area contributed by atoms with Gasteiger partial charge in [0.1, 0.15) is 5.82 Å². The van der Waals surface area contributed by atoms with E-state index in [1.54, 1.807) is 23.5 Å². The highest BCUT2D eigenvalue weighted by Crippen LogP contribution is 2.54. The van der Waals surface area contributed by atoms with Gasteiger partial charge in [-0.05, 0) is 78.8 Å². The summed E-state index contributed by atoms with van der Waals surface area (Å²) < 4.78 is 114. The predicted molar refractivity (Wildman–Crippen MR) is 195 cm³/mol. The van der Waals surface area contributed by atoms with Crippen LogP contribution in [-0.4, -0.2) is 61.9 Å². The van der Waals surface area contributed by atoms with E-state index in [0.29, 0.717) is 46.7 Å². The molecule has 1 aromatic heterocycles. The maximum absolute atomic E-state index is 15.3. The number of anilines is 1. The van der Waals surface area contributed by atoms with Crippen LogP contribution in [0.15, 0.2) is 65.6 Å². The Labute approximate surface area is 321 Å². The van der Waals surface area contributed by atoms with Gasteiger partial charge in [0.05, 0.1) is 35.9 Å². The van der Waals surface area contributed by atoms with E-state index >= 15 is 8.78 Å². The fourth-order valence-corrected chi connectivity index (χ4v) is 8.37. The number of carbonyl (C=O) groups is 1. The van der Waals surface area contributed by atoms with Crippen molar-refractivity contribution >= 4 is 35.2 Å². The molecule has 0 spiro atoms. The van der Waals surface area contributed by atoms with E-state index in [-0.39, 0.29) is 17.5 Å². The molecule has 4 atom stereocenters. The molecule has 0 aliphatic carbocycles. The summed E-state index contributed by atoms with van der Waals surface area (Å²) in [5.41, 5.74) is -3.94. The van der Waals surface area contributed by atoms with Gasteiger partial charge in [-0.3, -0.25) is 9.36 Å². The molecule has 55 heavy (non-hydrogen) atoms. The van der Waals surface area contributed by atoms with Gasteiger partial charge in [0.2, 0.25) is 12.1 Å². The first-order chi connectivity index (χ1) is 25.6. The number of amides is 1. The third-order valence-corrected chi connectivity index (χ3v) is 12.1. The number of aliphatic hydroxyl groups is 2. The molecule has 1 amide bonds. The zero-order chi connectivity index (χ0) is 40.8. The Morgan fingerprint density at radius 3 is 1.98 bits per heavy atom. The molecule has 3 N–H and O–H groups in total. The minimum absolute atomic E-state index is 0.00638. The minimum Gasteiger partial charge on any atom is -0.395 e. The van der Waals surface area contributed by atoms with Gasteiger partial charge < -0.3 is 20.3 Å². The van der Waals surface area contributed by atoms with E-state index in [4.69, 9.17) is 4.74 Å². The molecule has 0 saturated carbocycles. The molecule has 8 nitrogen and oxygen atoms in total. The number of hydrogen-bond donors (Lipinski definition) is 3. The standard InChI is InChI=1S/C37H43F8N3O5S2/c1-33(2,18-30(51)46-29-13-16-48(32(52)47-29)31-35(38,39)34(3,22-50)28(19-49)53-31)15-12-27(55-21-24-6-10-26(11-7-24)37(43,44)45)14-17-54-20-23-4-8-25(9-5-23)36(40,41)42/h4-11,13,16,27-28,31,49-50H,12,14-15,17-22H2,1-3H3,(H,46,47,51,52)/t27-,28-,31-,34-/m1/s1. The summed E-state index contributed by atoms with van der Waals surface area (Å²) in [6.07, 6.45) is -9.66. The van der Waals surface area contributed by atoms with Crippen LogP contribution in [0.25, 0.3) is 0 Å². The molecular formula is C37H43F8N3O5S2. The largest absolute Gasteiger partial charge is 0.416 e. The third-order valence-electron chi connectivity index (χ3n) is 9.60. The number of nitrogens with zero attached hydrogens (tertiary/aromatic N) is 2. The van der Waals surface area contributed by atoms with Crippen LogP contribution < -0.4 is 11.0 Å². The van der Waals surface area contributed by atoms with Gasteiger partial charge in [-0.2, -0.15) is 54.9 Å². The lowest BCUT2D eigenvalue weighted by molar-refractivity contribution is -0.154. The second-order valence-electron chi connectivity index (χ2n) is 14.5. The van der Waals surface area contributed by atoms with E-state index in [2.05, 4.69) is 10.3 Å². The van der Waals surface area contributed by atoms with E-state index < -0.39 is 77.4 Å². The Morgan fingerprint density at radius 2 is 1.49 bits per heavy atom. The number of nitrogens with one attached hydrogen (secondary N) is 1. The van der Waals surface area contributed by atoms with Gasteiger partial charge in [0.15, 0.2) is 0 Å². The molecule has 4 rings (SSSR count). The first-order valence-corrected chi connectivity index (χ1v) is 19.5. The molecule has 1 saturated heterocycles. The Balaban J connectivity index is 1.35. The molecule has 18 heteroatoms. The summed E-state index contributed by atoms with van der Waals surface area (Å²) in [6, 6.07) is 11.0. The van der Waals surface area contributed by atoms with Crippen molar-refractivity contribution < 1.29 is 54.9 Å². The molecule has 0 bridgehead atoms. The van der Waals surface area contributed by atoms with Gasteiger partial charge in [0.25, 0.3) is 0 Å². The minimum atomic E-state index is -4.46. The SMILES string of the molecule is CC(C)(CC[C@H](CCSCc1ccc(C(F)(F)F)cc1)SCc1ccc(C(F)(F)F)cc1)CC(=O)Nc1ccn([C@@H]2O[C@H](CO)[C@@](C)(CO)C2(F)F)c(=O)n1. The number of aliphatic hydroxyl groups excluding tert-OH is 2. The lowest BCUT2D eigenvalue weighted by atomic mass is 9.80. The lowest BCUT2D eigenvalue weighted by Gasteiger charge is -2.32. The van der Waals surface area contributed by atoms with Crippen molar-refractivity contribution in [3.8, 4) is 0 Å². The van der Waals surface area contributed by atoms with E-state index in [9.17, 15) is 46.1 Å². The highest BCUT2D eigenvalue weighted by atomic mass is 32.2. The summed E-state index contributed by atoms with van der Waals surface area (Å²) in [5.74, 6) is -2.86. The number of ether oxygens (including phenoxy) is 1. The second-order valence-corrected chi connectivity index (χ2v) is 16.8. The Hall–Kier alpha value is -3.19.